The highest BCUT2D eigenvalue weighted by molar-refractivity contribution is 6.18. The van der Waals surface area contributed by atoms with Crippen molar-refractivity contribution in [3.63, 3.8) is 0 Å². The van der Waals surface area contributed by atoms with Crippen LogP contribution in [0.5, 0.6) is 11.5 Å². The van der Waals surface area contributed by atoms with Crippen LogP contribution >= 0.6 is 11.6 Å². The summed E-state index contributed by atoms with van der Waals surface area (Å²) in [5.74, 6) is -0.936. The van der Waals surface area contributed by atoms with Gasteiger partial charge in [-0.15, -0.1) is 11.6 Å². The number of allylic oxidation sites excluding steroid dienone is 1. The molecule has 2 rings (SSSR count). The number of hydrogen-bond acceptors (Lipinski definition) is 4. The predicted octanol–water partition coefficient (Wildman–Crippen LogP) is 5.33. The van der Waals surface area contributed by atoms with Crippen molar-refractivity contribution in [1.29, 1.82) is 0 Å². The Morgan fingerprint density at radius 1 is 1.00 bits per heavy atom. The minimum absolute atomic E-state index is 0.0937. The van der Waals surface area contributed by atoms with Crippen molar-refractivity contribution in [2.75, 3.05) is 12.5 Å². The van der Waals surface area contributed by atoms with E-state index < -0.39 is 23.5 Å². The van der Waals surface area contributed by atoms with Gasteiger partial charge >= 0.3 is 6.18 Å². The third kappa shape index (κ3) is 6.30. The molecule has 0 aliphatic heterocycles. The highest BCUT2D eigenvalue weighted by Gasteiger charge is 2.34. The van der Waals surface area contributed by atoms with Crippen molar-refractivity contribution in [3.05, 3.63) is 71.7 Å². The molecular weight excluding hydrogens is 409 g/mol. The standard InChI is InChI=1S/C21H22ClF3O4/c1-20(2,14-3-7-17(8-4-14)28-12-16(26)11-22)15-5-9-18(10-6-15)29-13-19(27)21(23,24)25/h3-10,13,16,26-27H,11-12H2,1-2H3/b19-13-. The van der Waals surface area contributed by atoms with Crippen LogP contribution in [-0.2, 0) is 5.41 Å². The Balaban J connectivity index is 2.08. The van der Waals surface area contributed by atoms with Crippen molar-refractivity contribution >= 4 is 11.6 Å². The minimum atomic E-state index is -4.85. The summed E-state index contributed by atoms with van der Waals surface area (Å²) in [7, 11) is 0. The van der Waals surface area contributed by atoms with Crippen LogP contribution in [0.3, 0.4) is 0 Å². The molecule has 1 atom stereocenters. The van der Waals surface area contributed by atoms with Gasteiger partial charge in [0, 0.05) is 5.41 Å². The molecule has 29 heavy (non-hydrogen) atoms. The topological polar surface area (TPSA) is 58.9 Å². The molecule has 0 spiro atoms. The molecule has 2 aromatic carbocycles. The van der Waals surface area contributed by atoms with Gasteiger partial charge in [-0.05, 0) is 35.4 Å². The Bertz CT molecular complexity index is 815. The number of alkyl halides is 4. The van der Waals surface area contributed by atoms with Crippen LogP contribution in [0.15, 0.2) is 60.6 Å². The Morgan fingerprint density at radius 3 is 1.93 bits per heavy atom. The fourth-order valence-electron chi connectivity index (χ4n) is 2.51. The molecule has 0 saturated carbocycles. The van der Waals surface area contributed by atoms with E-state index in [2.05, 4.69) is 0 Å². The third-order valence-electron chi connectivity index (χ3n) is 4.37. The van der Waals surface area contributed by atoms with Crippen LogP contribution in [0.25, 0.3) is 0 Å². The number of aliphatic hydroxyl groups is 2. The van der Waals surface area contributed by atoms with E-state index in [1.165, 1.54) is 12.1 Å². The maximum Gasteiger partial charge on any atom is 0.451 e. The van der Waals surface area contributed by atoms with Crippen LogP contribution in [-0.4, -0.2) is 35.0 Å². The molecule has 2 aromatic rings. The molecule has 0 aromatic heterocycles. The monoisotopic (exact) mass is 430 g/mol. The zero-order chi connectivity index (χ0) is 21.7. The first-order chi connectivity index (χ1) is 13.5. The van der Waals surface area contributed by atoms with Gasteiger partial charge in [-0.25, -0.2) is 0 Å². The molecule has 8 heteroatoms. The summed E-state index contributed by atoms with van der Waals surface area (Å²) >= 11 is 5.53. The van der Waals surface area contributed by atoms with Crippen molar-refractivity contribution in [3.8, 4) is 11.5 Å². The molecule has 0 bridgehead atoms. The van der Waals surface area contributed by atoms with Crippen LogP contribution in [0.4, 0.5) is 13.2 Å². The van der Waals surface area contributed by atoms with Crippen LogP contribution in [0.1, 0.15) is 25.0 Å². The van der Waals surface area contributed by atoms with E-state index in [1.807, 2.05) is 26.0 Å². The van der Waals surface area contributed by atoms with Gasteiger partial charge in [0.15, 0.2) is 0 Å². The second kappa shape index (κ2) is 9.41. The van der Waals surface area contributed by atoms with E-state index in [0.29, 0.717) is 5.75 Å². The van der Waals surface area contributed by atoms with Crippen molar-refractivity contribution in [2.24, 2.45) is 0 Å². The quantitative estimate of drug-likeness (QED) is 0.439. The summed E-state index contributed by atoms with van der Waals surface area (Å²) in [6.07, 6.45) is -5.32. The third-order valence-corrected chi connectivity index (χ3v) is 4.73. The zero-order valence-corrected chi connectivity index (χ0v) is 16.7. The predicted molar refractivity (Wildman–Crippen MR) is 105 cm³/mol. The molecule has 1 unspecified atom stereocenters. The summed E-state index contributed by atoms with van der Waals surface area (Å²) in [5.41, 5.74) is 1.52. The molecule has 0 amide bonds. The number of halogens is 4. The van der Waals surface area contributed by atoms with Crippen LogP contribution in [0.2, 0.25) is 0 Å². The lowest BCUT2D eigenvalue weighted by molar-refractivity contribution is -0.122. The molecule has 0 fully saturated rings. The van der Waals surface area contributed by atoms with Crippen LogP contribution in [0, 0.1) is 0 Å². The summed E-state index contributed by atoms with van der Waals surface area (Å²) in [5, 5.41) is 18.3. The largest absolute Gasteiger partial charge is 0.502 e. The fraction of sp³-hybridized carbons (Fsp3) is 0.333. The number of benzene rings is 2. The Morgan fingerprint density at radius 2 is 1.48 bits per heavy atom. The first-order valence-electron chi connectivity index (χ1n) is 8.75. The number of hydrogen-bond donors (Lipinski definition) is 2. The minimum Gasteiger partial charge on any atom is -0.502 e. The van der Waals surface area contributed by atoms with Gasteiger partial charge in [-0.3, -0.25) is 0 Å². The Kier molecular flexibility index (Phi) is 7.43. The molecule has 0 saturated heterocycles. The molecule has 158 valence electrons. The van der Waals surface area contributed by atoms with Crippen LogP contribution < -0.4 is 9.47 Å². The molecular formula is C21H22ClF3O4. The fourth-order valence-corrected chi connectivity index (χ4v) is 2.60. The Labute approximate surface area is 172 Å². The van der Waals surface area contributed by atoms with Gasteiger partial charge < -0.3 is 19.7 Å². The average Bonchev–Trinajstić information content (AvgIpc) is 2.70. The van der Waals surface area contributed by atoms with E-state index >= 15 is 0 Å². The van der Waals surface area contributed by atoms with Crippen molar-refractivity contribution in [1.82, 2.24) is 0 Å². The number of aliphatic hydroxyl groups excluding tert-OH is 2. The van der Waals surface area contributed by atoms with Crippen molar-refractivity contribution < 1.29 is 32.9 Å². The smallest absolute Gasteiger partial charge is 0.451 e. The summed E-state index contributed by atoms with van der Waals surface area (Å²) in [4.78, 5) is 0. The van der Waals surface area contributed by atoms with Gasteiger partial charge in [-0.2, -0.15) is 13.2 Å². The van der Waals surface area contributed by atoms with Gasteiger partial charge in [0.05, 0.1) is 5.88 Å². The van der Waals surface area contributed by atoms with E-state index in [4.69, 9.17) is 26.2 Å². The Hall–Kier alpha value is -2.38. The SMILES string of the molecule is CC(C)(c1ccc(O/C=C(\O)C(F)(F)F)cc1)c1ccc(OCC(O)CCl)cc1. The van der Waals surface area contributed by atoms with Gasteiger partial charge in [0.1, 0.15) is 30.5 Å². The van der Waals surface area contributed by atoms with E-state index in [0.717, 1.165) is 11.1 Å². The summed E-state index contributed by atoms with van der Waals surface area (Å²) in [6.45, 7) is 4.11. The summed E-state index contributed by atoms with van der Waals surface area (Å²) in [6, 6.07) is 13.9. The lowest BCUT2D eigenvalue weighted by atomic mass is 9.78. The van der Waals surface area contributed by atoms with Gasteiger partial charge in [0.2, 0.25) is 5.76 Å². The van der Waals surface area contributed by atoms with Gasteiger partial charge in [-0.1, -0.05) is 38.1 Å². The second-order valence-electron chi connectivity index (χ2n) is 6.91. The maximum atomic E-state index is 12.3. The lowest BCUT2D eigenvalue weighted by Gasteiger charge is -2.26. The van der Waals surface area contributed by atoms with E-state index in [1.54, 1.807) is 24.3 Å². The number of ether oxygens (including phenoxy) is 2. The first-order valence-corrected chi connectivity index (χ1v) is 9.28. The number of rotatable bonds is 8. The average molecular weight is 431 g/mol. The highest BCUT2D eigenvalue weighted by atomic mass is 35.5. The molecule has 0 heterocycles. The van der Waals surface area contributed by atoms with Gasteiger partial charge in [0.25, 0.3) is 0 Å². The second-order valence-corrected chi connectivity index (χ2v) is 7.22. The highest BCUT2D eigenvalue weighted by Crippen LogP contribution is 2.33. The normalized spacial score (nSPS) is 13.8. The summed E-state index contributed by atoms with van der Waals surface area (Å²) < 4.78 is 47.1. The molecule has 0 aliphatic rings. The molecule has 0 aliphatic carbocycles. The molecule has 2 N–H and O–H groups in total. The lowest BCUT2D eigenvalue weighted by Crippen LogP contribution is -2.20. The van der Waals surface area contributed by atoms with Crippen molar-refractivity contribution in [2.45, 2.75) is 31.5 Å². The molecule has 4 nitrogen and oxygen atoms in total. The van der Waals surface area contributed by atoms with E-state index in [-0.39, 0.29) is 24.5 Å². The van der Waals surface area contributed by atoms with E-state index in [9.17, 15) is 18.3 Å². The first kappa shape index (κ1) is 22.9. The maximum absolute atomic E-state index is 12.3. The molecule has 0 radical (unpaired) electrons. The zero-order valence-electron chi connectivity index (χ0n) is 15.9.